The monoisotopic (exact) mass is 499 g/mol. The SMILES string of the molecule is COCCC1CN[C@H](C)CN1CC(=O)N1CC(C)(C)c2ccc(S(=O)(=O)Cc3ccccc3)cc21. The molecule has 2 aromatic carbocycles. The van der Waals surface area contributed by atoms with E-state index in [2.05, 4.69) is 31.0 Å². The third kappa shape index (κ3) is 5.77. The van der Waals surface area contributed by atoms with Gasteiger partial charge in [0.05, 0.1) is 17.2 Å². The average molecular weight is 500 g/mol. The number of methoxy groups -OCH3 is 1. The molecular formula is C27H37N3O4S. The van der Waals surface area contributed by atoms with Crippen molar-refractivity contribution in [2.45, 2.75) is 55.3 Å². The van der Waals surface area contributed by atoms with Crippen molar-refractivity contribution in [3.8, 4) is 0 Å². The largest absolute Gasteiger partial charge is 0.385 e. The van der Waals surface area contributed by atoms with Crippen molar-refractivity contribution in [1.82, 2.24) is 10.2 Å². The summed E-state index contributed by atoms with van der Waals surface area (Å²) in [6.07, 6.45) is 0.855. The van der Waals surface area contributed by atoms with Crippen LogP contribution in [0.2, 0.25) is 0 Å². The number of sulfone groups is 1. The van der Waals surface area contributed by atoms with Crippen LogP contribution in [0.25, 0.3) is 0 Å². The van der Waals surface area contributed by atoms with Gasteiger partial charge in [-0.1, -0.05) is 50.2 Å². The van der Waals surface area contributed by atoms with E-state index in [9.17, 15) is 13.2 Å². The van der Waals surface area contributed by atoms with E-state index in [1.54, 1.807) is 24.1 Å². The highest BCUT2D eigenvalue weighted by Crippen LogP contribution is 2.42. The smallest absolute Gasteiger partial charge is 0.241 e. The van der Waals surface area contributed by atoms with Crippen molar-refractivity contribution in [2.75, 3.05) is 44.8 Å². The van der Waals surface area contributed by atoms with Gasteiger partial charge in [0.1, 0.15) is 0 Å². The molecule has 1 saturated heterocycles. The zero-order valence-electron chi connectivity index (χ0n) is 21.2. The fourth-order valence-corrected chi connectivity index (χ4v) is 6.55. The molecule has 35 heavy (non-hydrogen) atoms. The standard InChI is InChI=1S/C27H37N3O4S/c1-20-16-29(22(15-28-20)12-13-34-4)17-26(31)30-19-27(2,3)24-11-10-23(14-25(24)30)35(32,33)18-21-8-6-5-7-9-21/h5-11,14,20,22,28H,12-13,15-19H2,1-4H3/t20-,22?/m1/s1. The van der Waals surface area contributed by atoms with Crippen molar-refractivity contribution in [3.05, 3.63) is 59.7 Å². The van der Waals surface area contributed by atoms with E-state index in [0.717, 1.165) is 30.6 Å². The summed E-state index contributed by atoms with van der Waals surface area (Å²) in [5.41, 5.74) is 2.22. The van der Waals surface area contributed by atoms with Crippen LogP contribution in [0.1, 0.15) is 38.3 Å². The van der Waals surface area contributed by atoms with Gasteiger partial charge in [-0.3, -0.25) is 9.69 Å². The maximum atomic E-state index is 13.6. The Kier molecular flexibility index (Phi) is 7.66. The second-order valence-corrected chi connectivity index (χ2v) is 12.5. The summed E-state index contributed by atoms with van der Waals surface area (Å²) in [5.74, 6) is -0.0602. The molecule has 2 heterocycles. The minimum atomic E-state index is -3.55. The van der Waals surface area contributed by atoms with Crippen LogP contribution in [0.3, 0.4) is 0 Å². The molecule has 190 valence electrons. The van der Waals surface area contributed by atoms with Crippen LogP contribution in [-0.2, 0) is 30.5 Å². The Balaban J connectivity index is 1.58. The Morgan fingerprint density at radius 1 is 1.17 bits per heavy atom. The van der Waals surface area contributed by atoms with E-state index >= 15 is 0 Å². The molecule has 1 unspecified atom stereocenters. The van der Waals surface area contributed by atoms with Crippen molar-refractivity contribution in [1.29, 1.82) is 0 Å². The van der Waals surface area contributed by atoms with Crippen LogP contribution in [0, 0.1) is 0 Å². The number of carbonyl (C=O) groups excluding carboxylic acids is 1. The Bertz CT molecular complexity index is 1150. The minimum absolute atomic E-state index is 0.00551. The number of hydrogen-bond acceptors (Lipinski definition) is 6. The number of amides is 1. The van der Waals surface area contributed by atoms with Crippen LogP contribution in [-0.4, -0.2) is 71.2 Å². The molecule has 2 aromatic rings. The Labute approximate surface area is 209 Å². The molecule has 8 heteroatoms. The molecule has 1 amide bonds. The van der Waals surface area contributed by atoms with E-state index in [1.807, 2.05) is 36.4 Å². The molecule has 0 spiro atoms. The average Bonchev–Trinajstić information content (AvgIpc) is 3.09. The van der Waals surface area contributed by atoms with Crippen LogP contribution >= 0.6 is 0 Å². The Morgan fingerprint density at radius 3 is 2.63 bits per heavy atom. The maximum absolute atomic E-state index is 13.6. The molecule has 0 aliphatic carbocycles. The molecule has 0 saturated carbocycles. The molecule has 0 aromatic heterocycles. The van der Waals surface area contributed by atoms with Crippen molar-refractivity contribution in [3.63, 3.8) is 0 Å². The molecule has 2 aliphatic heterocycles. The lowest BCUT2D eigenvalue weighted by molar-refractivity contribution is -0.120. The second-order valence-electron chi connectivity index (χ2n) is 10.5. The lowest BCUT2D eigenvalue weighted by Crippen LogP contribution is -2.58. The Morgan fingerprint density at radius 2 is 1.91 bits per heavy atom. The number of benzene rings is 2. The van der Waals surface area contributed by atoms with Gasteiger partial charge < -0.3 is 15.0 Å². The van der Waals surface area contributed by atoms with E-state index in [0.29, 0.717) is 31.4 Å². The molecule has 2 aliphatic rings. The van der Waals surface area contributed by atoms with Crippen LogP contribution in [0.5, 0.6) is 0 Å². The van der Waals surface area contributed by atoms with E-state index < -0.39 is 9.84 Å². The van der Waals surface area contributed by atoms with E-state index in [-0.39, 0.29) is 28.0 Å². The molecule has 0 radical (unpaired) electrons. The fourth-order valence-electron chi connectivity index (χ4n) is 5.19. The minimum Gasteiger partial charge on any atom is -0.385 e. The third-order valence-electron chi connectivity index (χ3n) is 7.12. The zero-order chi connectivity index (χ0) is 25.2. The Hall–Kier alpha value is -2.26. The molecule has 7 nitrogen and oxygen atoms in total. The van der Waals surface area contributed by atoms with Crippen molar-refractivity contribution < 1.29 is 17.9 Å². The topological polar surface area (TPSA) is 79.0 Å². The van der Waals surface area contributed by atoms with Gasteiger partial charge in [-0.05, 0) is 36.6 Å². The van der Waals surface area contributed by atoms with Crippen molar-refractivity contribution in [2.24, 2.45) is 0 Å². The molecule has 1 N–H and O–H groups in total. The van der Waals surface area contributed by atoms with Crippen LogP contribution in [0.15, 0.2) is 53.4 Å². The van der Waals surface area contributed by atoms with Gasteiger partial charge >= 0.3 is 0 Å². The summed E-state index contributed by atoms with van der Waals surface area (Å²) in [4.78, 5) is 17.9. The summed E-state index contributed by atoms with van der Waals surface area (Å²) >= 11 is 0. The molecule has 0 bridgehead atoms. The summed E-state index contributed by atoms with van der Waals surface area (Å²) in [6.45, 7) is 9.43. The van der Waals surface area contributed by atoms with Gasteiger partial charge in [0.15, 0.2) is 9.84 Å². The number of hydrogen-bond donors (Lipinski definition) is 1. The molecular weight excluding hydrogens is 462 g/mol. The van der Waals surface area contributed by atoms with Crippen molar-refractivity contribution >= 4 is 21.4 Å². The maximum Gasteiger partial charge on any atom is 0.241 e. The number of fused-ring (bicyclic) bond motifs is 1. The number of anilines is 1. The molecule has 2 atom stereocenters. The first-order chi connectivity index (χ1) is 16.6. The van der Waals surface area contributed by atoms with E-state index in [4.69, 9.17) is 4.74 Å². The lowest BCUT2D eigenvalue weighted by atomic mass is 9.87. The van der Waals surface area contributed by atoms with Gasteiger partial charge in [-0.25, -0.2) is 8.42 Å². The number of nitrogens with one attached hydrogen (secondary N) is 1. The first-order valence-electron chi connectivity index (χ1n) is 12.3. The molecule has 4 rings (SSSR count). The number of ether oxygens (including phenoxy) is 1. The molecule has 1 fully saturated rings. The highest BCUT2D eigenvalue weighted by atomic mass is 32.2. The number of rotatable bonds is 8. The lowest BCUT2D eigenvalue weighted by Gasteiger charge is -2.39. The summed E-state index contributed by atoms with van der Waals surface area (Å²) < 4.78 is 31.7. The van der Waals surface area contributed by atoms with Gasteiger partial charge in [0.25, 0.3) is 0 Å². The number of carbonyl (C=O) groups is 1. The van der Waals surface area contributed by atoms with Crippen LogP contribution in [0.4, 0.5) is 5.69 Å². The van der Waals surface area contributed by atoms with Gasteiger partial charge in [-0.2, -0.15) is 0 Å². The third-order valence-corrected chi connectivity index (χ3v) is 8.81. The second kappa shape index (κ2) is 10.4. The normalized spacial score (nSPS) is 22.2. The summed E-state index contributed by atoms with van der Waals surface area (Å²) in [6, 6.07) is 15.0. The van der Waals surface area contributed by atoms with Gasteiger partial charge in [0, 0.05) is 56.5 Å². The quantitative estimate of drug-likeness (QED) is 0.602. The van der Waals surface area contributed by atoms with Gasteiger partial charge in [-0.15, -0.1) is 0 Å². The zero-order valence-corrected chi connectivity index (χ0v) is 22.0. The first kappa shape index (κ1) is 25.8. The summed E-state index contributed by atoms with van der Waals surface area (Å²) in [5, 5.41) is 3.50. The van der Waals surface area contributed by atoms with E-state index in [1.165, 1.54) is 0 Å². The fraction of sp³-hybridized carbons (Fsp3) is 0.519. The van der Waals surface area contributed by atoms with Crippen LogP contribution < -0.4 is 10.2 Å². The first-order valence-corrected chi connectivity index (χ1v) is 13.9. The number of nitrogens with zero attached hydrogens (tertiary/aromatic N) is 2. The van der Waals surface area contributed by atoms with Gasteiger partial charge in [0.2, 0.25) is 5.91 Å². The summed E-state index contributed by atoms with van der Waals surface area (Å²) in [7, 11) is -1.85. The highest BCUT2D eigenvalue weighted by Gasteiger charge is 2.40. The number of piperazine rings is 1. The predicted molar refractivity (Wildman–Crippen MR) is 138 cm³/mol. The highest BCUT2D eigenvalue weighted by molar-refractivity contribution is 7.90. The predicted octanol–water partition coefficient (Wildman–Crippen LogP) is 2.98.